The minimum Gasteiger partial charge on any atom is -0.394 e. The van der Waals surface area contributed by atoms with Crippen LogP contribution in [0.5, 0.6) is 0 Å². The molecule has 3 amide bonds. The van der Waals surface area contributed by atoms with Crippen molar-refractivity contribution in [3.05, 3.63) is 0 Å². The van der Waals surface area contributed by atoms with E-state index in [-0.39, 0.29) is 5.92 Å². The first-order valence-corrected chi connectivity index (χ1v) is 8.17. The fraction of sp³-hybridized carbons (Fsp3) is 0.800. The topological polar surface area (TPSA) is 148 Å². The zero-order valence-corrected chi connectivity index (χ0v) is 13.6. The average molecular weight is 328 g/mol. The van der Waals surface area contributed by atoms with Crippen LogP contribution in [-0.4, -0.2) is 47.6 Å². The van der Waals surface area contributed by atoms with Crippen LogP contribution in [0.4, 0.5) is 0 Å². The van der Waals surface area contributed by atoms with Crippen LogP contribution in [0.3, 0.4) is 0 Å². The highest BCUT2D eigenvalue weighted by atomic mass is 16.3. The molecule has 0 aromatic heterocycles. The maximum absolute atomic E-state index is 12.5. The number of hydrogen-bond donors (Lipinski definition) is 5. The van der Waals surface area contributed by atoms with Crippen molar-refractivity contribution in [2.45, 2.75) is 63.6 Å². The van der Waals surface area contributed by atoms with Crippen LogP contribution < -0.4 is 22.1 Å². The Bertz CT molecular complexity index is 424. The maximum atomic E-state index is 12.5. The van der Waals surface area contributed by atoms with Crippen LogP contribution in [0.1, 0.15) is 45.4 Å². The fourth-order valence-electron chi connectivity index (χ4n) is 2.84. The lowest BCUT2D eigenvalue weighted by atomic mass is 9.83. The van der Waals surface area contributed by atoms with Gasteiger partial charge in [-0.3, -0.25) is 14.4 Å². The lowest BCUT2D eigenvalue weighted by molar-refractivity contribution is -0.133. The molecule has 1 aliphatic rings. The molecule has 8 heteroatoms. The van der Waals surface area contributed by atoms with Gasteiger partial charge in [0.2, 0.25) is 17.7 Å². The summed E-state index contributed by atoms with van der Waals surface area (Å²) in [5.41, 5.74) is 10.8. The predicted molar refractivity (Wildman–Crippen MR) is 85.0 cm³/mol. The van der Waals surface area contributed by atoms with Gasteiger partial charge in [-0.05, 0) is 25.2 Å². The molecule has 0 aromatic carbocycles. The minimum atomic E-state index is -1.08. The molecular formula is C15H28N4O4. The molecule has 3 atom stereocenters. The summed E-state index contributed by atoms with van der Waals surface area (Å²) in [6.07, 6.45) is 5.10. The predicted octanol–water partition coefficient (Wildman–Crippen LogP) is -1.25. The van der Waals surface area contributed by atoms with Gasteiger partial charge in [0.25, 0.3) is 0 Å². The van der Waals surface area contributed by atoms with Gasteiger partial charge in [0.1, 0.15) is 18.1 Å². The number of carbonyl (C=O) groups excluding carboxylic acids is 3. The highest BCUT2D eigenvalue weighted by Crippen LogP contribution is 2.26. The number of aliphatic hydroxyl groups is 1. The molecule has 1 aliphatic carbocycles. The Morgan fingerprint density at radius 2 is 1.74 bits per heavy atom. The standard InChI is InChI=1S/C15H28N4O4/c1-2-11(13(17)21)18-15(23)12(9-6-4-3-5-7-9)19-14(22)10(16)8-20/h9-12,20H,2-8,16H2,1H3,(H2,17,21)(H,18,23)(H,19,22). The van der Waals surface area contributed by atoms with Crippen LogP contribution in [0.15, 0.2) is 0 Å². The maximum Gasteiger partial charge on any atom is 0.243 e. The third-order valence-corrected chi connectivity index (χ3v) is 4.30. The molecule has 3 unspecified atom stereocenters. The summed E-state index contributed by atoms with van der Waals surface area (Å²) in [7, 11) is 0. The summed E-state index contributed by atoms with van der Waals surface area (Å²) in [6.45, 7) is 1.25. The summed E-state index contributed by atoms with van der Waals surface area (Å²) in [5, 5.41) is 14.2. The Morgan fingerprint density at radius 3 is 2.22 bits per heavy atom. The molecule has 1 rings (SSSR count). The average Bonchev–Trinajstić information content (AvgIpc) is 2.56. The number of aliphatic hydroxyl groups excluding tert-OH is 1. The van der Waals surface area contributed by atoms with Crippen molar-refractivity contribution in [1.29, 1.82) is 0 Å². The number of nitrogens with two attached hydrogens (primary N) is 2. The van der Waals surface area contributed by atoms with Crippen molar-refractivity contribution < 1.29 is 19.5 Å². The van der Waals surface area contributed by atoms with E-state index in [1.807, 2.05) is 0 Å². The normalized spacial score (nSPS) is 19.4. The molecule has 1 fully saturated rings. The van der Waals surface area contributed by atoms with Gasteiger partial charge < -0.3 is 27.2 Å². The molecular weight excluding hydrogens is 300 g/mol. The van der Waals surface area contributed by atoms with Crippen molar-refractivity contribution >= 4 is 17.7 Å². The first-order chi connectivity index (χ1) is 10.9. The zero-order chi connectivity index (χ0) is 17.4. The van der Waals surface area contributed by atoms with Crippen LogP contribution in [-0.2, 0) is 14.4 Å². The van der Waals surface area contributed by atoms with Gasteiger partial charge in [0.15, 0.2) is 0 Å². The number of nitrogens with one attached hydrogen (secondary N) is 2. The summed E-state index contributed by atoms with van der Waals surface area (Å²) in [6, 6.07) is -2.61. The Kier molecular flexibility index (Phi) is 7.97. The van der Waals surface area contributed by atoms with E-state index in [4.69, 9.17) is 16.6 Å². The second-order valence-corrected chi connectivity index (χ2v) is 6.05. The molecule has 0 heterocycles. The molecule has 23 heavy (non-hydrogen) atoms. The molecule has 0 aromatic rings. The van der Waals surface area contributed by atoms with Gasteiger partial charge in [-0.2, -0.15) is 0 Å². The van der Waals surface area contributed by atoms with E-state index in [1.54, 1.807) is 6.92 Å². The lowest BCUT2D eigenvalue weighted by Crippen LogP contribution is -2.58. The Labute approximate surface area is 136 Å². The number of carbonyl (C=O) groups is 3. The van der Waals surface area contributed by atoms with Gasteiger partial charge in [0.05, 0.1) is 6.61 Å². The largest absolute Gasteiger partial charge is 0.394 e. The molecule has 0 bridgehead atoms. The van der Waals surface area contributed by atoms with Crippen LogP contribution in [0.25, 0.3) is 0 Å². The highest BCUT2D eigenvalue weighted by molar-refractivity contribution is 5.92. The number of primary amides is 1. The van der Waals surface area contributed by atoms with Crippen molar-refractivity contribution in [2.75, 3.05) is 6.61 Å². The number of hydrogen-bond acceptors (Lipinski definition) is 5. The molecule has 0 aliphatic heterocycles. The van der Waals surface area contributed by atoms with Crippen molar-refractivity contribution in [2.24, 2.45) is 17.4 Å². The third kappa shape index (κ3) is 5.80. The molecule has 1 saturated carbocycles. The van der Waals surface area contributed by atoms with E-state index in [0.717, 1.165) is 32.1 Å². The summed E-state index contributed by atoms with van der Waals surface area (Å²) >= 11 is 0. The molecule has 8 nitrogen and oxygen atoms in total. The monoisotopic (exact) mass is 328 g/mol. The smallest absolute Gasteiger partial charge is 0.243 e. The molecule has 0 radical (unpaired) electrons. The third-order valence-electron chi connectivity index (χ3n) is 4.30. The van der Waals surface area contributed by atoms with Crippen LogP contribution in [0, 0.1) is 5.92 Å². The number of rotatable bonds is 8. The SMILES string of the molecule is CCC(NC(=O)C(NC(=O)C(N)CO)C1CCCCC1)C(N)=O. The first kappa shape index (κ1) is 19.4. The number of amides is 3. The minimum absolute atomic E-state index is 0.0102. The van der Waals surface area contributed by atoms with Gasteiger partial charge in [-0.25, -0.2) is 0 Å². The second kappa shape index (κ2) is 9.46. The summed E-state index contributed by atoms with van der Waals surface area (Å²) < 4.78 is 0. The Balaban J connectivity index is 2.82. The van der Waals surface area contributed by atoms with Gasteiger partial charge >= 0.3 is 0 Å². The zero-order valence-electron chi connectivity index (χ0n) is 13.6. The quantitative estimate of drug-likeness (QED) is 0.378. The van der Waals surface area contributed by atoms with Crippen molar-refractivity contribution in [3.63, 3.8) is 0 Å². The molecule has 132 valence electrons. The van der Waals surface area contributed by atoms with E-state index in [9.17, 15) is 14.4 Å². The first-order valence-electron chi connectivity index (χ1n) is 8.17. The fourth-order valence-corrected chi connectivity index (χ4v) is 2.84. The molecule has 0 spiro atoms. The summed E-state index contributed by atoms with van der Waals surface area (Å²) in [5.74, 6) is -1.63. The van der Waals surface area contributed by atoms with E-state index in [0.29, 0.717) is 6.42 Å². The van der Waals surface area contributed by atoms with E-state index < -0.39 is 42.5 Å². The summed E-state index contributed by atoms with van der Waals surface area (Å²) in [4.78, 5) is 35.8. The van der Waals surface area contributed by atoms with Gasteiger partial charge in [0, 0.05) is 0 Å². The van der Waals surface area contributed by atoms with Crippen molar-refractivity contribution in [1.82, 2.24) is 10.6 Å². The van der Waals surface area contributed by atoms with E-state index >= 15 is 0 Å². The van der Waals surface area contributed by atoms with Gasteiger partial charge in [-0.1, -0.05) is 26.2 Å². The highest BCUT2D eigenvalue weighted by Gasteiger charge is 2.33. The van der Waals surface area contributed by atoms with E-state index in [1.165, 1.54) is 0 Å². The van der Waals surface area contributed by atoms with Crippen LogP contribution in [0.2, 0.25) is 0 Å². The Morgan fingerprint density at radius 1 is 1.13 bits per heavy atom. The lowest BCUT2D eigenvalue weighted by Gasteiger charge is -2.31. The van der Waals surface area contributed by atoms with Gasteiger partial charge in [-0.15, -0.1) is 0 Å². The molecule has 7 N–H and O–H groups in total. The van der Waals surface area contributed by atoms with E-state index in [2.05, 4.69) is 10.6 Å². The van der Waals surface area contributed by atoms with Crippen LogP contribution >= 0.6 is 0 Å². The second-order valence-electron chi connectivity index (χ2n) is 6.05. The van der Waals surface area contributed by atoms with Crippen molar-refractivity contribution in [3.8, 4) is 0 Å². The molecule has 0 saturated heterocycles. The Hall–Kier alpha value is -1.67.